The highest BCUT2D eigenvalue weighted by Crippen LogP contribution is 2.24. The summed E-state index contributed by atoms with van der Waals surface area (Å²) in [5, 5.41) is 0. The Bertz CT molecular complexity index is 395. The maximum atomic E-state index is 6.07. The molecule has 4 nitrogen and oxygen atoms in total. The fourth-order valence-corrected chi connectivity index (χ4v) is 2.51. The van der Waals surface area contributed by atoms with E-state index in [0.29, 0.717) is 13.2 Å². The molecule has 4 heteroatoms. The van der Waals surface area contributed by atoms with Gasteiger partial charge >= 0.3 is 0 Å². The summed E-state index contributed by atoms with van der Waals surface area (Å²) in [5.74, 6) is 0.928. The second kappa shape index (κ2) is 9.77. The summed E-state index contributed by atoms with van der Waals surface area (Å²) in [6.07, 6.45) is 1.13. The van der Waals surface area contributed by atoms with Crippen molar-refractivity contribution < 1.29 is 4.74 Å². The van der Waals surface area contributed by atoms with Crippen LogP contribution in [-0.4, -0.2) is 56.7 Å². The quantitative estimate of drug-likeness (QED) is 0.719. The van der Waals surface area contributed by atoms with Gasteiger partial charge in [0, 0.05) is 25.7 Å². The van der Waals surface area contributed by atoms with Gasteiger partial charge in [0.1, 0.15) is 5.75 Å². The van der Waals surface area contributed by atoms with Crippen LogP contribution >= 0.6 is 0 Å². The van der Waals surface area contributed by atoms with Gasteiger partial charge in [-0.25, -0.2) is 0 Å². The highest BCUT2D eigenvalue weighted by atomic mass is 16.5. The minimum Gasteiger partial charge on any atom is -0.494 e. The van der Waals surface area contributed by atoms with E-state index in [1.165, 1.54) is 5.56 Å². The second-order valence-corrected chi connectivity index (χ2v) is 5.60. The number of hydrogen-bond acceptors (Lipinski definition) is 4. The zero-order valence-corrected chi connectivity index (χ0v) is 14.0. The number of hydrogen-bond donors (Lipinski definition) is 1. The smallest absolute Gasteiger partial charge is 0.119 e. The Morgan fingerprint density at radius 3 is 2.48 bits per heavy atom. The first-order valence-electron chi connectivity index (χ1n) is 7.93. The van der Waals surface area contributed by atoms with Crippen LogP contribution in [0.3, 0.4) is 0 Å². The number of rotatable bonds is 10. The lowest BCUT2D eigenvalue weighted by molar-refractivity contribution is 0.182. The van der Waals surface area contributed by atoms with E-state index < -0.39 is 0 Å². The lowest BCUT2D eigenvalue weighted by atomic mass is 10.0. The molecule has 0 aliphatic heterocycles. The van der Waals surface area contributed by atoms with Crippen molar-refractivity contribution >= 4 is 0 Å². The van der Waals surface area contributed by atoms with E-state index in [4.69, 9.17) is 10.5 Å². The molecule has 0 aliphatic carbocycles. The van der Waals surface area contributed by atoms with Crippen LogP contribution in [0.4, 0.5) is 0 Å². The zero-order chi connectivity index (χ0) is 15.7. The number of ether oxygens (including phenoxy) is 1. The van der Waals surface area contributed by atoms with Gasteiger partial charge in [-0.1, -0.05) is 19.1 Å². The maximum absolute atomic E-state index is 6.07. The molecule has 0 amide bonds. The molecule has 2 N–H and O–H groups in total. The monoisotopic (exact) mass is 293 g/mol. The highest BCUT2D eigenvalue weighted by Gasteiger charge is 2.18. The fraction of sp³-hybridized carbons (Fsp3) is 0.647. The van der Waals surface area contributed by atoms with Crippen LogP contribution in [0.2, 0.25) is 0 Å². The summed E-state index contributed by atoms with van der Waals surface area (Å²) in [4.78, 5) is 4.69. The average molecular weight is 293 g/mol. The summed E-state index contributed by atoms with van der Waals surface area (Å²) < 4.78 is 5.61. The van der Waals surface area contributed by atoms with Crippen LogP contribution in [0.15, 0.2) is 24.3 Å². The third-order valence-electron chi connectivity index (χ3n) is 3.56. The Kier molecular flexibility index (Phi) is 8.35. The lowest BCUT2D eigenvalue weighted by Gasteiger charge is -2.32. The van der Waals surface area contributed by atoms with Gasteiger partial charge in [0.2, 0.25) is 0 Å². The molecule has 21 heavy (non-hydrogen) atoms. The zero-order valence-electron chi connectivity index (χ0n) is 14.0. The van der Waals surface area contributed by atoms with Gasteiger partial charge < -0.3 is 15.4 Å². The standard InChI is InChI=1S/C17H31N3O/c1-5-10-20(12-11-19(3)4)17(14-18)15-8-7-9-16(13-15)21-6-2/h7-9,13,17H,5-6,10-12,14,18H2,1-4H3. The van der Waals surface area contributed by atoms with Crippen molar-refractivity contribution in [2.75, 3.05) is 46.9 Å². The van der Waals surface area contributed by atoms with Gasteiger partial charge in [-0.15, -0.1) is 0 Å². The van der Waals surface area contributed by atoms with Crippen LogP contribution < -0.4 is 10.5 Å². The van der Waals surface area contributed by atoms with E-state index in [9.17, 15) is 0 Å². The molecule has 0 radical (unpaired) electrons. The maximum Gasteiger partial charge on any atom is 0.119 e. The van der Waals surface area contributed by atoms with Crippen LogP contribution in [0.5, 0.6) is 5.75 Å². The van der Waals surface area contributed by atoms with Gasteiger partial charge in [-0.05, 0) is 51.7 Å². The van der Waals surface area contributed by atoms with Crippen LogP contribution in [0.1, 0.15) is 31.9 Å². The van der Waals surface area contributed by atoms with Gasteiger partial charge in [0.25, 0.3) is 0 Å². The molecular formula is C17H31N3O. The molecule has 0 fully saturated rings. The largest absolute Gasteiger partial charge is 0.494 e. The SMILES string of the molecule is CCCN(CCN(C)C)C(CN)c1cccc(OCC)c1. The minimum absolute atomic E-state index is 0.255. The molecule has 0 aromatic heterocycles. The van der Waals surface area contributed by atoms with Crippen LogP contribution in [-0.2, 0) is 0 Å². The molecule has 1 unspecified atom stereocenters. The molecule has 1 rings (SSSR count). The van der Waals surface area contributed by atoms with E-state index in [-0.39, 0.29) is 6.04 Å². The molecule has 0 heterocycles. The fourth-order valence-electron chi connectivity index (χ4n) is 2.51. The Hall–Kier alpha value is -1.10. The Morgan fingerprint density at radius 2 is 1.90 bits per heavy atom. The molecular weight excluding hydrogens is 262 g/mol. The normalized spacial score (nSPS) is 12.9. The van der Waals surface area contributed by atoms with Gasteiger partial charge in [-0.3, -0.25) is 4.90 Å². The third kappa shape index (κ3) is 6.04. The predicted octanol–water partition coefficient (Wildman–Crippen LogP) is 2.36. The molecule has 0 spiro atoms. The molecule has 0 saturated heterocycles. The number of likely N-dealkylation sites (N-methyl/N-ethyl adjacent to an activating group) is 1. The molecule has 0 saturated carbocycles. The molecule has 1 aromatic rings. The summed E-state index contributed by atoms with van der Waals surface area (Å²) in [6.45, 7) is 8.68. The Balaban J connectivity index is 2.87. The van der Waals surface area contributed by atoms with Crippen molar-refractivity contribution in [3.05, 3.63) is 29.8 Å². The van der Waals surface area contributed by atoms with Crippen molar-refractivity contribution in [3.8, 4) is 5.75 Å². The molecule has 1 aromatic carbocycles. The molecule has 120 valence electrons. The Labute approximate surface area is 129 Å². The van der Waals surface area contributed by atoms with Crippen molar-refractivity contribution in [1.29, 1.82) is 0 Å². The summed E-state index contributed by atoms with van der Waals surface area (Å²) in [7, 11) is 4.22. The predicted molar refractivity (Wildman–Crippen MR) is 89.8 cm³/mol. The van der Waals surface area contributed by atoms with Gasteiger partial charge in [0.05, 0.1) is 6.61 Å². The van der Waals surface area contributed by atoms with Gasteiger partial charge in [-0.2, -0.15) is 0 Å². The second-order valence-electron chi connectivity index (χ2n) is 5.60. The minimum atomic E-state index is 0.255. The lowest BCUT2D eigenvalue weighted by Crippen LogP contribution is -2.38. The summed E-state index contributed by atoms with van der Waals surface area (Å²) in [6, 6.07) is 8.59. The molecule has 1 atom stereocenters. The highest BCUT2D eigenvalue weighted by molar-refractivity contribution is 5.31. The summed E-state index contributed by atoms with van der Waals surface area (Å²) >= 11 is 0. The first-order valence-corrected chi connectivity index (χ1v) is 7.93. The van der Waals surface area contributed by atoms with E-state index in [1.54, 1.807) is 0 Å². The molecule has 0 aliphatic rings. The van der Waals surface area contributed by atoms with Crippen molar-refractivity contribution in [3.63, 3.8) is 0 Å². The number of benzene rings is 1. The summed E-state index contributed by atoms with van der Waals surface area (Å²) in [5.41, 5.74) is 7.32. The van der Waals surface area contributed by atoms with Crippen molar-refractivity contribution in [2.24, 2.45) is 5.73 Å². The van der Waals surface area contributed by atoms with E-state index >= 15 is 0 Å². The first kappa shape index (κ1) is 18.0. The first-order chi connectivity index (χ1) is 10.1. The van der Waals surface area contributed by atoms with Crippen LogP contribution in [0.25, 0.3) is 0 Å². The van der Waals surface area contributed by atoms with E-state index in [0.717, 1.165) is 31.8 Å². The van der Waals surface area contributed by atoms with Gasteiger partial charge in [0.15, 0.2) is 0 Å². The van der Waals surface area contributed by atoms with Crippen molar-refractivity contribution in [1.82, 2.24) is 9.80 Å². The third-order valence-corrected chi connectivity index (χ3v) is 3.56. The molecule has 0 bridgehead atoms. The van der Waals surface area contributed by atoms with Crippen molar-refractivity contribution in [2.45, 2.75) is 26.3 Å². The van der Waals surface area contributed by atoms with E-state index in [2.05, 4.69) is 49.0 Å². The van der Waals surface area contributed by atoms with Crippen LogP contribution in [0, 0.1) is 0 Å². The Morgan fingerprint density at radius 1 is 1.14 bits per heavy atom. The number of nitrogens with two attached hydrogens (primary N) is 1. The van der Waals surface area contributed by atoms with E-state index in [1.807, 2.05) is 13.0 Å². The average Bonchev–Trinajstić information content (AvgIpc) is 2.46. The topological polar surface area (TPSA) is 41.7 Å². The number of nitrogens with zero attached hydrogens (tertiary/aromatic N) is 2.